The largest absolute Gasteiger partial charge is 0.450 e. The van der Waals surface area contributed by atoms with Crippen molar-refractivity contribution < 1.29 is 9.53 Å². The summed E-state index contributed by atoms with van der Waals surface area (Å²) >= 11 is 0. The number of carbonyl (C=O) groups is 1. The predicted octanol–water partition coefficient (Wildman–Crippen LogP) is 4.11. The normalized spacial score (nSPS) is 10.1. The molecule has 0 unspecified atom stereocenters. The lowest BCUT2D eigenvalue weighted by Crippen LogP contribution is -2.14. The number of nitrogens with two attached hydrogens (primary N) is 1. The van der Waals surface area contributed by atoms with E-state index in [1.54, 1.807) is 19.2 Å². The molecule has 2 aromatic heterocycles. The molecule has 3 aromatic rings. The number of benzene rings is 1. The van der Waals surface area contributed by atoms with Crippen LogP contribution in [0.2, 0.25) is 0 Å². The molecule has 27 heavy (non-hydrogen) atoms. The minimum atomic E-state index is -0.551. The fourth-order valence-electron chi connectivity index (χ4n) is 2.29. The molecule has 0 bridgehead atoms. The van der Waals surface area contributed by atoms with Gasteiger partial charge in [0.05, 0.1) is 36.1 Å². The average molecular weight is 364 g/mol. The van der Waals surface area contributed by atoms with E-state index in [1.165, 1.54) is 6.20 Å². The molecule has 1 aromatic carbocycles. The van der Waals surface area contributed by atoms with Crippen molar-refractivity contribution in [3.05, 3.63) is 60.9 Å². The summed E-state index contributed by atoms with van der Waals surface area (Å²) < 4.78 is 4.82. The summed E-state index contributed by atoms with van der Waals surface area (Å²) in [6, 6.07) is 15.1. The molecule has 0 saturated carbocycles. The molecule has 0 saturated heterocycles. The molecular weight excluding hydrogens is 344 g/mol. The third kappa shape index (κ3) is 5.08. The zero-order valence-electron chi connectivity index (χ0n) is 14.8. The molecule has 0 spiro atoms. The Bertz CT molecular complexity index is 900. The van der Waals surface area contributed by atoms with Crippen molar-refractivity contribution in [1.82, 2.24) is 9.97 Å². The lowest BCUT2D eigenvalue weighted by atomic mass is 10.3. The van der Waals surface area contributed by atoms with Crippen LogP contribution in [0.25, 0.3) is 0 Å². The third-order valence-electron chi connectivity index (χ3n) is 3.51. The van der Waals surface area contributed by atoms with E-state index in [0.717, 1.165) is 17.2 Å². The molecule has 0 aliphatic rings. The van der Waals surface area contributed by atoms with Crippen LogP contribution in [0, 0.1) is 0 Å². The van der Waals surface area contributed by atoms with Gasteiger partial charge < -0.3 is 21.1 Å². The highest BCUT2D eigenvalue weighted by atomic mass is 16.5. The summed E-state index contributed by atoms with van der Waals surface area (Å²) in [6.45, 7) is 2.02. The van der Waals surface area contributed by atoms with E-state index < -0.39 is 6.09 Å². The van der Waals surface area contributed by atoms with Crippen LogP contribution in [-0.2, 0) is 4.74 Å². The van der Waals surface area contributed by atoms with Crippen LogP contribution in [0.15, 0.2) is 60.9 Å². The quantitative estimate of drug-likeness (QED) is 0.520. The van der Waals surface area contributed by atoms with E-state index in [2.05, 4.69) is 25.9 Å². The molecule has 1 amide bonds. The zero-order valence-corrected chi connectivity index (χ0v) is 14.8. The van der Waals surface area contributed by atoms with Gasteiger partial charge in [0.25, 0.3) is 0 Å². The number of hydrogen-bond acceptors (Lipinski definition) is 7. The van der Waals surface area contributed by atoms with Crippen LogP contribution in [-0.4, -0.2) is 22.7 Å². The van der Waals surface area contributed by atoms with E-state index in [9.17, 15) is 4.79 Å². The second kappa shape index (κ2) is 8.52. The highest BCUT2D eigenvalue weighted by molar-refractivity contribution is 5.86. The molecule has 8 heteroatoms. The first-order valence-electron chi connectivity index (χ1n) is 8.38. The van der Waals surface area contributed by atoms with Gasteiger partial charge in [0.2, 0.25) is 0 Å². The van der Waals surface area contributed by atoms with Crippen LogP contribution in [0.4, 0.5) is 39.2 Å². The lowest BCUT2D eigenvalue weighted by Gasteiger charge is -2.11. The molecule has 0 aliphatic carbocycles. The Morgan fingerprint density at radius 3 is 2.44 bits per heavy atom. The maximum atomic E-state index is 11.4. The van der Waals surface area contributed by atoms with Gasteiger partial charge in [0.1, 0.15) is 5.82 Å². The van der Waals surface area contributed by atoms with Gasteiger partial charge in [-0.2, -0.15) is 0 Å². The number of carbonyl (C=O) groups excluding carboxylic acids is 1. The predicted molar refractivity (Wildman–Crippen MR) is 107 cm³/mol. The van der Waals surface area contributed by atoms with E-state index in [-0.39, 0.29) is 6.61 Å². The molecule has 2 heterocycles. The van der Waals surface area contributed by atoms with Crippen molar-refractivity contribution in [3.8, 4) is 0 Å². The number of rotatable bonds is 6. The zero-order chi connectivity index (χ0) is 19.1. The van der Waals surface area contributed by atoms with Gasteiger partial charge in [-0.15, -0.1) is 0 Å². The van der Waals surface area contributed by atoms with Gasteiger partial charge in [0.15, 0.2) is 5.82 Å². The van der Waals surface area contributed by atoms with Crippen LogP contribution in [0.3, 0.4) is 0 Å². The first-order chi connectivity index (χ1) is 13.1. The summed E-state index contributed by atoms with van der Waals surface area (Å²) in [6.07, 6.45) is 2.62. The van der Waals surface area contributed by atoms with E-state index >= 15 is 0 Å². The van der Waals surface area contributed by atoms with Crippen LogP contribution < -0.4 is 21.7 Å². The highest BCUT2D eigenvalue weighted by Crippen LogP contribution is 2.24. The Hall–Kier alpha value is -3.81. The highest BCUT2D eigenvalue weighted by Gasteiger charge is 2.07. The van der Waals surface area contributed by atoms with Gasteiger partial charge in [0, 0.05) is 5.69 Å². The Morgan fingerprint density at radius 2 is 1.78 bits per heavy atom. The number of amides is 1. The molecule has 5 N–H and O–H groups in total. The van der Waals surface area contributed by atoms with E-state index in [1.807, 2.05) is 42.5 Å². The Balaban J connectivity index is 1.64. The van der Waals surface area contributed by atoms with Crippen LogP contribution in [0.1, 0.15) is 6.92 Å². The Labute approximate surface area is 156 Å². The molecule has 138 valence electrons. The first-order valence-corrected chi connectivity index (χ1v) is 8.38. The summed E-state index contributed by atoms with van der Waals surface area (Å²) in [5, 5.41) is 8.86. The minimum absolute atomic E-state index is 0.288. The molecule has 0 atom stereocenters. The summed E-state index contributed by atoms with van der Waals surface area (Å²) in [5.74, 6) is 1.19. The number of hydrogen-bond donors (Lipinski definition) is 4. The van der Waals surface area contributed by atoms with Gasteiger partial charge >= 0.3 is 6.09 Å². The second-order valence-corrected chi connectivity index (χ2v) is 5.56. The topological polar surface area (TPSA) is 114 Å². The summed E-state index contributed by atoms with van der Waals surface area (Å²) in [4.78, 5) is 20.0. The molecule has 0 fully saturated rings. The first kappa shape index (κ1) is 18.0. The fraction of sp³-hybridized carbons (Fsp3) is 0.105. The number of nitrogens with zero attached hydrogens (tertiary/aromatic N) is 2. The number of aromatic nitrogens is 2. The maximum Gasteiger partial charge on any atom is 0.411 e. The van der Waals surface area contributed by atoms with Crippen molar-refractivity contribution in [2.45, 2.75) is 6.92 Å². The Kier molecular flexibility index (Phi) is 5.68. The molecular formula is C19H20N6O2. The van der Waals surface area contributed by atoms with Gasteiger partial charge in [-0.1, -0.05) is 18.2 Å². The summed E-state index contributed by atoms with van der Waals surface area (Å²) in [7, 11) is 0. The monoisotopic (exact) mass is 364 g/mol. The second-order valence-electron chi connectivity index (χ2n) is 5.56. The summed E-state index contributed by atoms with van der Waals surface area (Å²) in [5.41, 5.74) is 8.54. The third-order valence-corrected chi connectivity index (χ3v) is 3.51. The molecule has 0 radical (unpaired) electrons. The van der Waals surface area contributed by atoms with E-state index in [0.29, 0.717) is 17.2 Å². The minimum Gasteiger partial charge on any atom is -0.450 e. The SMILES string of the molecule is CCOC(=O)Nc1cnc(Nc2ccc(Nc3ccccc3)nc2)c(N)c1. The van der Waals surface area contributed by atoms with Crippen molar-refractivity contribution in [1.29, 1.82) is 0 Å². The lowest BCUT2D eigenvalue weighted by molar-refractivity contribution is 0.168. The van der Waals surface area contributed by atoms with Crippen molar-refractivity contribution in [2.75, 3.05) is 28.3 Å². The number of ether oxygens (including phenoxy) is 1. The van der Waals surface area contributed by atoms with Crippen molar-refractivity contribution >= 4 is 40.5 Å². The fourth-order valence-corrected chi connectivity index (χ4v) is 2.29. The molecule has 8 nitrogen and oxygen atoms in total. The van der Waals surface area contributed by atoms with Gasteiger partial charge in [-0.3, -0.25) is 5.32 Å². The van der Waals surface area contributed by atoms with Crippen molar-refractivity contribution in [2.24, 2.45) is 0 Å². The van der Waals surface area contributed by atoms with Crippen molar-refractivity contribution in [3.63, 3.8) is 0 Å². The maximum absolute atomic E-state index is 11.4. The van der Waals surface area contributed by atoms with Crippen LogP contribution in [0.5, 0.6) is 0 Å². The number of nitrogens with one attached hydrogen (secondary N) is 3. The smallest absolute Gasteiger partial charge is 0.411 e. The average Bonchev–Trinajstić information content (AvgIpc) is 2.66. The molecule has 0 aliphatic heterocycles. The Morgan fingerprint density at radius 1 is 1.00 bits per heavy atom. The number of para-hydroxylation sites is 1. The molecule has 3 rings (SSSR count). The standard InChI is InChI=1S/C19H20N6O2/c1-2-27-19(26)25-15-10-16(20)18(22-12-15)24-14-8-9-17(21-11-14)23-13-6-4-3-5-7-13/h3-12H,2,20H2,1H3,(H,21,23)(H,22,24)(H,25,26). The number of nitrogen functional groups attached to an aromatic ring is 1. The number of pyridine rings is 2. The number of anilines is 6. The van der Waals surface area contributed by atoms with E-state index in [4.69, 9.17) is 10.5 Å². The van der Waals surface area contributed by atoms with Gasteiger partial charge in [-0.25, -0.2) is 14.8 Å². The van der Waals surface area contributed by atoms with Gasteiger partial charge in [-0.05, 0) is 37.3 Å². The van der Waals surface area contributed by atoms with Crippen LogP contribution >= 0.6 is 0 Å².